The Morgan fingerprint density at radius 3 is 2.27 bits per heavy atom. The third-order valence-corrected chi connectivity index (χ3v) is 9.60. The molecule has 11 nitrogen and oxygen atoms in total. The van der Waals surface area contributed by atoms with E-state index in [1.54, 1.807) is 31.2 Å². The number of likely N-dealkylation sites (tertiary alicyclic amines) is 1. The summed E-state index contributed by atoms with van der Waals surface area (Å²) in [4.78, 5) is 46.5. The minimum Gasteiger partial charge on any atom is -0.507 e. The third kappa shape index (κ3) is 4.14. The number of morpholine rings is 1. The van der Waals surface area contributed by atoms with Gasteiger partial charge in [-0.15, -0.1) is 0 Å². The predicted molar refractivity (Wildman–Crippen MR) is 147 cm³/mol. The number of fused-ring (bicyclic) bond motifs is 2. The molecule has 5 rings (SSSR count). The maximum Gasteiger partial charge on any atom is 0.296 e. The fourth-order valence-corrected chi connectivity index (χ4v) is 6.59. The Morgan fingerprint density at radius 1 is 1.00 bits per heavy atom. The van der Waals surface area contributed by atoms with Crippen LogP contribution in [-0.4, -0.2) is 105 Å². The summed E-state index contributed by atoms with van der Waals surface area (Å²) in [6.07, 6.45) is 0. The summed E-state index contributed by atoms with van der Waals surface area (Å²) in [7, 11) is -0.922. The zero-order valence-corrected chi connectivity index (χ0v) is 23.5. The summed E-state index contributed by atoms with van der Waals surface area (Å²) in [5, 5.41) is 11.6. The highest BCUT2D eigenvalue weighted by Gasteiger charge is 2.66. The largest absolute Gasteiger partial charge is 0.507 e. The van der Waals surface area contributed by atoms with E-state index in [0.29, 0.717) is 50.6 Å². The van der Waals surface area contributed by atoms with Crippen molar-refractivity contribution in [3.63, 3.8) is 0 Å². The first kappa shape index (κ1) is 28.0. The van der Waals surface area contributed by atoms with Gasteiger partial charge >= 0.3 is 0 Å². The molecule has 3 aliphatic heterocycles. The number of para-hydroxylation sites is 1. The lowest BCUT2D eigenvalue weighted by Gasteiger charge is -2.36. The minimum atomic E-state index is -3.73. The normalized spacial score (nSPS) is 23.1. The average molecular weight is 569 g/mol. The van der Waals surface area contributed by atoms with E-state index < -0.39 is 38.9 Å². The molecule has 2 amide bonds. The highest BCUT2D eigenvalue weighted by Crippen LogP contribution is 2.53. The van der Waals surface area contributed by atoms with Crippen LogP contribution in [0.5, 0.6) is 0 Å². The number of ketones is 1. The second-order valence-electron chi connectivity index (χ2n) is 10.1. The van der Waals surface area contributed by atoms with Gasteiger partial charge in [-0.25, -0.2) is 12.7 Å². The van der Waals surface area contributed by atoms with E-state index in [-0.39, 0.29) is 22.6 Å². The van der Waals surface area contributed by atoms with Crippen molar-refractivity contribution in [2.45, 2.75) is 17.4 Å². The van der Waals surface area contributed by atoms with E-state index in [9.17, 15) is 27.9 Å². The minimum absolute atomic E-state index is 0.00540. The number of amides is 2. The number of benzene rings is 2. The van der Waals surface area contributed by atoms with Gasteiger partial charge in [0.15, 0.2) is 5.54 Å². The predicted octanol–water partition coefficient (Wildman–Crippen LogP) is 1.21. The van der Waals surface area contributed by atoms with E-state index in [1.165, 1.54) is 48.2 Å². The number of anilines is 1. The topological polar surface area (TPSA) is 128 Å². The average Bonchev–Trinajstić information content (AvgIpc) is 3.34. The number of hydrogen-bond acceptors (Lipinski definition) is 8. The van der Waals surface area contributed by atoms with Gasteiger partial charge in [0, 0.05) is 57.9 Å². The molecule has 212 valence electrons. The summed E-state index contributed by atoms with van der Waals surface area (Å²) in [5.74, 6) is -2.87. The first-order valence-electron chi connectivity index (χ1n) is 13.1. The Bertz CT molecular complexity index is 1500. The van der Waals surface area contributed by atoms with Crippen LogP contribution >= 0.6 is 0 Å². The maximum atomic E-state index is 14.3. The number of nitrogens with zero attached hydrogens (tertiary/aromatic N) is 4. The standard InChI is InChI=1S/C28H32N4O7S/c1-4-31-22-8-6-5-7-21(22)28(27(31)36)23(24(33)19-9-11-20(12-10-19)40(37,38)29(2)3)25(34)26(35)32(28)14-13-30-15-17-39-18-16-30/h5-12,33H,4,13-18H2,1-3H3/t28-/m1/s1. The van der Waals surface area contributed by atoms with Gasteiger partial charge in [-0.2, -0.15) is 0 Å². The summed E-state index contributed by atoms with van der Waals surface area (Å²) in [5.41, 5.74) is -1.06. The molecule has 1 N–H and O–H groups in total. The summed E-state index contributed by atoms with van der Waals surface area (Å²) in [6.45, 7) is 5.01. The van der Waals surface area contributed by atoms with E-state index in [1.807, 2.05) is 0 Å². The SMILES string of the molecule is CCN1C(=O)[C@]2(C(=C(O)c3ccc(S(=O)(=O)N(C)C)cc3)C(=O)C(=O)N2CCN2CCOCC2)c2ccccc21. The quantitative estimate of drug-likeness (QED) is 0.300. The lowest BCUT2D eigenvalue weighted by molar-refractivity contribution is -0.144. The van der Waals surface area contributed by atoms with Gasteiger partial charge in [0.2, 0.25) is 10.0 Å². The van der Waals surface area contributed by atoms with Crippen molar-refractivity contribution in [2.24, 2.45) is 0 Å². The first-order valence-corrected chi connectivity index (χ1v) is 14.5. The first-order chi connectivity index (χ1) is 19.1. The van der Waals surface area contributed by atoms with Crippen LogP contribution in [0, 0.1) is 0 Å². The molecule has 2 aromatic carbocycles. The molecule has 0 saturated carbocycles. The Balaban J connectivity index is 1.68. The van der Waals surface area contributed by atoms with E-state index in [4.69, 9.17) is 4.74 Å². The van der Waals surface area contributed by atoms with Gasteiger partial charge in [0.05, 0.1) is 29.4 Å². The fourth-order valence-electron chi connectivity index (χ4n) is 5.69. The number of aliphatic hydroxyl groups excluding tert-OH is 1. The Hall–Kier alpha value is -3.58. The second kappa shape index (κ2) is 10.4. The molecule has 3 heterocycles. The Labute approximate surface area is 233 Å². The Kier molecular flexibility index (Phi) is 7.29. The number of hydrogen-bond donors (Lipinski definition) is 1. The van der Waals surface area contributed by atoms with E-state index >= 15 is 0 Å². The van der Waals surface area contributed by atoms with Crippen molar-refractivity contribution in [1.29, 1.82) is 0 Å². The molecule has 0 aromatic heterocycles. The van der Waals surface area contributed by atoms with Crippen LogP contribution in [0.4, 0.5) is 5.69 Å². The molecule has 12 heteroatoms. The number of likely N-dealkylation sites (N-methyl/N-ethyl adjacent to an activating group) is 1. The number of aliphatic hydroxyl groups is 1. The van der Waals surface area contributed by atoms with Crippen molar-refractivity contribution >= 4 is 39.1 Å². The monoisotopic (exact) mass is 568 g/mol. The molecule has 0 bridgehead atoms. The molecular formula is C28H32N4O7S. The zero-order valence-electron chi connectivity index (χ0n) is 22.7. The highest BCUT2D eigenvalue weighted by molar-refractivity contribution is 7.89. The molecule has 2 fully saturated rings. The van der Waals surface area contributed by atoms with E-state index in [2.05, 4.69) is 4.90 Å². The molecule has 0 radical (unpaired) electrons. The van der Waals surface area contributed by atoms with Crippen LogP contribution in [-0.2, 0) is 34.7 Å². The van der Waals surface area contributed by atoms with Crippen molar-refractivity contribution < 1.29 is 32.6 Å². The summed E-state index contributed by atoms with van der Waals surface area (Å²) in [6, 6.07) is 12.3. The molecular weight excluding hydrogens is 536 g/mol. The van der Waals surface area contributed by atoms with Crippen LogP contribution in [0.25, 0.3) is 5.76 Å². The zero-order chi connectivity index (χ0) is 28.8. The summed E-state index contributed by atoms with van der Waals surface area (Å²) >= 11 is 0. The molecule has 3 aliphatic rings. The van der Waals surface area contributed by atoms with Gasteiger partial charge in [0.25, 0.3) is 17.6 Å². The van der Waals surface area contributed by atoms with Gasteiger partial charge in [-0.05, 0) is 37.3 Å². The summed E-state index contributed by atoms with van der Waals surface area (Å²) < 4.78 is 31.6. The number of sulfonamides is 1. The molecule has 1 spiro atoms. The smallest absolute Gasteiger partial charge is 0.296 e. The molecule has 40 heavy (non-hydrogen) atoms. The van der Waals surface area contributed by atoms with E-state index in [0.717, 1.165) is 4.31 Å². The van der Waals surface area contributed by atoms with Crippen LogP contribution in [0.3, 0.4) is 0 Å². The third-order valence-electron chi connectivity index (χ3n) is 7.78. The lowest BCUT2D eigenvalue weighted by atomic mass is 9.82. The van der Waals surface area contributed by atoms with Crippen LogP contribution in [0.2, 0.25) is 0 Å². The van der Waals surface area contributed by atoms with Crippen molar-refractivity contribution in [3.8, 4) is 0 Å². The lowest BCUT2D eigenvalue weighted by Crippen LogP contribution is -2.54. The van der Waals surface area contributed by atoms with Gasteiger partial charge in [0.1, 0.15) is 5.76 Å². The maximum absolute atomic E-state index is 14.3. The number of ether oxygens (including phenoxy) is 1. The highest BCUT2D eigenvalue weighted by atomic mass is 32.2. The van der Waals surface area contributed by atoms with Crippen molar-refractivity contribution in [2.75, 3.05) is 64.9 Å². The second-order valence-corrected chi connectivity index (χ2v) is 12.2. The fraction of sp³-hybridized carbons (Fsp3) is 0.393. The van der Waals surface area contributed by atoms with Crippen LogP contribution in [0.1, 0.15) is 18.1 Å². The molecule has 2 saturated heterocycles. The molecule has 1 atom stereocenters. The van der Waals surface area contributed by atoms with Crippen LogP contribution in [0.15, 0.2) is 59.0 Å². The molecule has 2 aromatic rings. The Morgan fingerprint density at radius 2 is 1.65 bits per heavy atom. The van der Waals surface area contributed by atoms with Crippen LogP contribution < -0.4 is 4.90 Å². The number of rotatable bonds is 7. The molecule has 0 unspecified atom stereocenters. The van der Waals surface area contributed by atoms with Gasteiger partial charge in [-0.1, -0.05) is 18.2 Å². The number of carbonyl (C=O) groups excluding carboxylic acids is 3. The number of carbonyl (C=O) groups is 3. The van der Waals surface area contributed by atoms with Gasteiger partial charge < -0.3 is 19.6 Å². The number of Topliss-reactive ketones (excluding diaryl/α,β-unsaturated/α-hetero) is 1. The van der Waals surface area contributed by atoms with Crippen molar-refractivity contribution in [3.05, 3.63) is 65.2 Å². The molecule has 0 aliphatic carbocycles. The van der Waals surface area contributed by atoms with Crippen molar-refractivity contribution in [1.82, 2.24) is 14.1 Å². The van der Waals surface area contributed by atoms with Gasteiger partial charge in [-0.3, -0.25) is 19.3 Å².